The van der Waals surface area contributed by atoms with Crippen molar-refractivity contribution in [1.82, 2.24) is 4.98 Å². The number of aryl methyl sites for hydroxylation is 1. The summed E-state index contributed by atoms with van der Waals surface area (Å²) in [6, 6.07) is 5.42. The largest absolute Gasteiger partial charge is 0.493 e. The maximum Gasteiger partial charge on any atom is 0.161 e. The number of hydrogen-bond acceptors (Lipinski definition) is 5. The number of aromatic nitrogens is 1. The van der Waals surface area contributed by atoms with Gasteiger partial charge in [-0.25, -0.2) is 4.98 Å². The average molecular weight is 279 g/mol. The molecular formula is C14H17NO3S. The first-order valence-electron chi connectivity index (χ1n) is 6.00. The number of nitrogens with zero attached hydrogens (tertiary/aromatic N) is 1. The second kappa shape index (κ2) is 6.04. The van der Waals surface area contributed by atoms with Crippen molar-refractivity contribution in [2.45, 2.75) is 26.6 Å². The van der Waals surface area contributed by atoms with Crippen LogP contribution in [0.2, 0.25) is 0 Å². The van der Waals surface area contributed by atoms with Crippen LogP contribution in [0.3, 0.4) is 0 Å². The molecule has 1 heterocycles. The van der Waals surface area contributed by atoms with Gasteiger partial charge in [0, 0.05) is 5.38 Å². The highest BCUT2D eigenvalue weighted by atomic mass is 32.1. The van der Waals surface area contributed by atoms with E-state index in [9.17, 15) is 5.11 Å². The molecule has 19 heavy (non-hydrogen) atoms. The summed E-state index contributed by atoms with van der Waals surface area (Å²) in [4.78, 5) is 4.34. The Hall–Kier alpha value is -1.59. The zero-order chi connectivity index (χ0) is 13.8. The van der Waals surface area contributed by atoms with E-state index in [0.717, 1.165) is 16.3 Å². The molecule has 0 amide bonds. The predicted octanol–water partition coefficient (Wildman–Crippen LogP) is 3.09. The van der Waals surface area contributed by atoms with Gasteiger partial charge in [-0.2, -0.15) is 0 Å². The Morgan fingerprint density at radius 3 is 2.74 bits per heavy atom. The van der Waals surface area contributed by atoms with E-state index in [1.54, 1.807) is 37.5 Å². The second-order valence-corrected chi connectivity index (χ2v) is 5.30. The van der Waals surface area contributed by atoms with E-state index in [2.05, 4.69) is 4.98 Å². The van der Waals surface area contributed by atoms with Crippen LogP contribution >= 0.6 is 11.3 Å². The molecule has 0 fully saturated rings. The summed E-state index contributed by atoms with van der Waals surface area (Å²) in [5.74, 6) is 1.27. The average Bonchev–Trinajstić information content (AvgIpc) is 2.81. The number of benzene rings is 1. The van der Waals surface area contributed by atoms with Crippen LogP contribution in [0.4, 0.5) is 0 Å². The topological polar surface area (TPSA) is 51.6 Å². The first-order chi connectivity index (χ1) is 9.10. The number of aliphatic hydroxyl groups is 1. The zero-order valence-corrected chi connectivity index (χ0v) is 12.0. The highest BCUT2D eigenvalue weighted by Crippen LogP contribution is 2.30. The number of ether oxygens (including phenoxy) is 2. The summed E-state index contributed by atoms with van der Waals surface area (Å²) >= 11 is 1.60. The Bertz CT molecular complexity index is 551. The van der Waals surface area contributed by atoms with Gasteiger partial charge in [-0.05, 0) is 31.5 Å². The highest BCUT2D eigenvalue weighted by molar-refractivity contribution is 7.09. The molecule has 0 aliphatic rings. The molecule has 2 rings (SSSR count). The summed E-state index contributed by atoms with van der Waals surface area (Å²) in [6.45, 7) is 4.09. The molecule has 2 aromatic rings. The number of thiazole rings is 1. The van der Waals surface area contributed by atoms with Gasteiger partial charge in [-0.3, -0.25) is 0 Å². The minimum absolute atomic E-state index is 0.411. The molecule has 4 nitrogen and oxygen atoms in total. The van der Waals surface area contributed by atoms with Gasteiger partial charge >= 0.3 is 0 Å². The van der Waals surface area contributed by atoms with Crippen LogP contribution in [0, 0.1) is 6.92 Å². The molecule has 0 bridgehead atoms. The van der Waals surface area contributed by atoms with Crippen LogP contribution in [0.25, 0.3) is 0 Å². The normalized spacial score (nSPS) is 12.2. The molecule has 1 N–H and O–H groups in total. The van der Waals surface area contributed by atoms with Crippen LogP contribution < -0.4 is 9.47 Å². The Kier molecular flexibility index (Phi) is 4.39. The highest BCUT2D eigenvalue weighted by Gasteiger charge is 2.09. The van der Waals surface area contributed by atoms with Gasteiger partial charge < -0.3 is 14.6 Å². The SMILES string of the molecule is COc1cc([C@H](C)O)ccc1OCc1csc(C)n1. The molecule has 102 valence electrons. The van der Waals surface area contributed by atoms with Gasteiger partial charge in [0.15, 0.2) is 11.5 Å². The van der Waals surface area contributed by atoms with Crippen LogP contribution in [0.1, 0.15) is 29.3 Å². The molecule has 0 aliphatic heterocycles. The van der Waals surface area contributed by atoms with Crippen molar-refractivity contribution in [3.63, 3.8) is 0 Å². The van der Waals surface area contributed by atoms with Gasteiger partial charge in [-0.15, -0.1) is 11.3 Å². The third kappa shape index (κ3) is 3.45. The number of aliphatic hydroxyl groups excluding tert-OH is 1. The van der Waals surface area contributed by atoms with E-state index >= 15 is 0 Å². The Labute approximate surface area is 116 Å². The Balaban J connectivity index is 2.11. The van der Waals surface area contributed by atoms with Crippen molar-refractivity contribution in [1.29, 1.82) is 0 Å². The maximum atomic E-state index is 9.54. The van der Waals surface area contributed by atoms with E-state index in [-0.39, 0.29) is 0 Å². The van der Waals surface area contributed by atoms with Crippen molar-refractivity contribution in [3.05, 3.63) is 39.8 Å². The van der Waals surface area contributed by atoms with E-state index in [1.165, 1.54) is 0 Å². The van der Waals surface area contributed by atoms with Crippen molar-refractivity contribution >= 4 is 11.3 Å². The molecule has 1 atom stereocenters. The summed E-state index contributed by atoms with van der Waals surface area (Å²) < 4.78 is 11.0. The van der Waals surface area contributed by atoms with Crippen molar-refractivity contribution in [2.75, 3.05) is 7.11 Å². The van der Waals surface area contributed by atoms with Gasteiger partial charge in [-0.1, -0.05) is 6.07 Å². The third-order valence-electron chi connectivity index (χ3n) is 2.71. The predicted molar refractivity (Wildman–Crippen MR) is 74.8 cm³/mol. The summed E-state index contributed by atoms with van der Waals surface area (Å²) in [5.41, 5.74) is 1.71. The van der Waals surface area contributed by atoms with E-state index in [1.807, 2.05) is 18.4 Å². The lowest BCUT2D eigenvalue weighted by Gasteiger charge is -2.12. The lowest BCUT2D eigenvalue weighted by Crippen LogP contribution is -1.99. The summed E-state index contributed by atoms with van der Waals surface area (Å²) in [5, 5.41) is 12.5. The van der Waals surface area contributed by atoms with Gasteiger partial charge in [0.05, 0.1) is 23.9 Å². The lowest BCUT2D eigenvalue weighted by atomic mass is 10.1. The second-order valence-electron chi connectivity index (χ2n) is 4.23. The first-order valence-corrected chi connectivity index (χ1v) is 6.88. The van der Waals surface area contributed by atoms with Crippen LogP contribution in [0.5, 0.6) is 11.5 Å². The lowest BCUT2D eigenvalue weighted by molar-refractivity contribution is 0.198. The van der Waals surface area contributed by atoms with Gasteiger partial charge in [0.1, 0.15) is 6.61 Å². The van der Waals surface area contributed by atoms with Crippen molar-refractivity contribution in [2.24, 2.45) is 0 Å². The Morgan fingerprint density at radius 2 is 2.16 bits per heavy atom. The molecular weight excluding hydrogens is 262 g/mol. The van der Waals surface area contributed by atoms with Crippen LogP contribution in [-0.2, 0) is 6.61 Å². The number of hydrogen-bond donors (Lipinski definition) is 1. The zero-order valence-electron chi connectivity index (χ0n) is 11.2. The number of rotatable bonds is 5. The van der Waals surface area contributed by atoms with Crippen molar-refractivity contribution in [3.8, 4) is 11.5 Å². The van der Waals surface area contributed by atoms with E-state index in [0.29, 0.717) is 18.1 Å². The minimum Gasteiger partial charge on any atom is -0.493 e. The van der Waals surface area contributed by atoms with Gasteiger partial charge in [0.25, 0.3) is 0 Å². The maximum absolute atomic E-state index is 9.54. The van der Waals surface area contributed by atoms with Crippen molar-refractivity contribution < 1.29 is 14.6 Å². The molecule has 0 spiro atoms. The summed E-state index contributed by atoms with van der Waals surface area (Å²) in [7, 11) is 1.58. The fourth-order valence-corrected chi connectivity index (χ4v) is 2.29. The molecule has 1 aromatic carbocycles. The Morgan fingerprint density at radius 1 is 1.37 bits per heavy atom. The van der Waals surface area contributed by atoms with Crippen LogP contribution in [0.15, 0.2) is 23.6 Å². The van der Waals surface area contributed by atoms with Crippen LogP contribution in [-0.4, -0.2) is 17.2 Å². The smallest absolute Gasteiger partial charge is 0.161 e. The third-order valence-corrected chi connectivity index (χ3v) is 3.53. The quantitative estimate of drug-likeness (QED) is 0.913. The monoisotopic (exact) mass is 279 g/mol. The molecule has 0 saturated carbocycles. The molecule has 0 aliphatic carbocycles. The fourth-order valence-electron chi connectivity index (χ4n) is 1.69. The fraction of sp³-hybridized carbons (Fsp3) is 0.357. The van der Waals surface area contributed by atoms with E-state index < -0.39 is 6.10 Å². The molecule has 0 saturated heterocycles. The molecule has 1 aromatic heterocycles. The standard InChI is InChI=1S/C14H17NO3S/c1-9(16)11-4-5-13(14(6-11)17-3)18-7-12-8-19-10(2)15-12/h4-6,8-9,16H,7H2,1-3H3/t9-/m0/s1. The van der Waals surface area contributed by atoms with Gasteiger partial charge in [0.2, 0.25) is 0 Å². The minimum atomic E-state index is -0.524. The molecule has 0 unspecified atom stereocenters. The summed E-state index contributed by atoms with van der Waals surface area (Å²) in [6.07, 6.45) is -0.524. The van der Waals surface area contributed by atoms with E-state index in [4.69, 9.17) is 9.47 Å². The molecule has 5 heteroatoms. The molecule has 0 radical (unpaired) electrons. The number of methoxy groups -OCH3 is 1. The first kappa shape index (κ1) is 13.8.